The number of para-hydroxylation sites is 1. The maximum atomic E-state index is 12.9. The quantitative estimate of drug-likeness (QED) is 0.370. The van der Waals surface area contributed by atoms with Gasteiger partial charge < -0.3 is 0 Å². The molecule has 0 aliphatic heterocycles. The van der Waals surface area contributed by atoms with E-state index in [0.717, 1.165) is 24.8 Å². The molecule has 5 heteroatoms. The van der Waals surface area contributed by atoms with Crippen LogP contribution in [0.15, 0.2) is 53.6 Å². The average molecular weight is 408 g/mol. The summed E-state index contributed by atoms with van der Waals surface area (Å²) in [6, 6.07) is 15.5. The number of halogens is 1. The normalized spacial score (nSPS) is 12.4. The number of aryl methyl sites for hydroxylation is 1. The van der Waals surface area contributed by atoms with Gasteiger partial charge in [0.05, 0.1) is 21.8 Å². The molecule has 0 aliphatic carbocycles. The summed E-state index contributed by atoms with van der Waals surface area (Å²) in [4.78, 5) is 17.6. The Hall–Kier alpha value is -2.72. The van der Waals surface area contributed by atoms with E-state index >= 15 is 0 Å². The predicted molar refractivity (Wildman–Crippen MR) is 122 cm³/mol. The second-order valence-corrected chi connectivity index (χ2v) is 7.63. The summed E-state index contributed by atoms with van der Waals surface area (Å²) in [5.74, 6) is 0.0441. The van der Waals surface area contributed by atoms with Gasteiger partial charge in [-0.1, -0.05) is 75.2 Å². The van der Waals surface area contributed by atoms with Gasteiger partial charge in [-0.2, -0.15) is 5.10 Å². The molecule has 3 aromatic rings. The van der Waals surface area contributed by atoms with Crippen LogP contribution in [0.2, 0.25) is 5.02 Å². The number of fused-ring (bicyclic) bond motifs is 1. The molecule has 1 aromatic heterocycles. The Labute approximate surface area is 177 Å². The average Bonchev–Trinajstić information content (AvgIpc) is 2.73. The summed E-state index contributed by atoms with van der Waals surface area (Å²) in [6.45, 7) is 6.33. The van der Waals surface area contributed by atoms with Crippen LogP contribution < -0.4 is 5.43 Å². The Morgan fingerprint density at radius 1 is 1.21 bits per heavy atom. The Kier molecular flexibility index (Phi) is 6.99. The summed E-state index contributed by atoms with van der Waals surface area (Å²) >= 11 is 6.40. The molecule has 2 aromatic carbocycles. The van der Waals surface area contributed by atoms with Crippen LogP contribution in [-0.2, 0) is 6.42 Å². The van der Waals surface area contributed by atoms with Crippen molar-refractivity contribution in [2.75, 3.05) is 0 Å². The highest BCUT2D eigenvalue weighted by Gasteiger charge is 2.15. The van der Waals surface area contributed by atoms with Crippen LogP contribution in [0.1, 0.15) is 49.5 Å². The van der Waals surface area contributed by atoms with E-state index in [1.165, 1.54) is 5.56 Å². The number of hydrogen-bond acceptors (Lipinski definition) is 3. The molecule has 0 spiro atoms. The van der Waals surface area contributed by atoms with Crippen LogP contribution in [0, 0.1) is 5.92 Å². The summed E-state index contributed by atoms with van der Waals surface area (Å²) in [5.41, 5.74) is 6.68. The van der Waals surface area contributed by atoms with Crippen LogP contribution >= 0.6 is 11.6 Å². The molecule has 1 heterocycles. The molecule has 29 heavy (non-hydrogen) atoms. The summed E-state index contributed by atoms with van der Waals surface area (Å²) < 4.78 is 0. The Bertz CT molecular complexity index is 1030. The number of benzene rings is 2. The monoisotopic (exact) mass is 407 g/mol. The molecule has 1 amide bonds. The first-order valence-corrected chi connectivity index (χ1v) is 10.4. The van der Waals surface area contributed by atoms with E-state index in [-0.39, 0.29) is 5.91 Å². The molecule has 0 unspecified atom stereocenters. The lowest BCUT2D eigenvalue weighted by molar-refractivity contribution is 0.0956. The molecular formula is C24H26ClN3O. The highest BCUT2D eigenvalue weighted by atomic mass is 35.5. The highest BCUT2D eigenvalue weighted by Crippen LogP contribution is 2.29. The number of carbonyl (C=O) groups is 1. The van der Waals surface area contributed by atoms with Crippen LogP contribution in [0.5, 0.6) is 0 Å². The van der Waals surface area contributed by atoms with Crippen molar-refractivity contribution in [1.82, 2.24) is 10.4 Å². The zero-order chi connectivity index (χ0) is 20.8. The third-order valence-corrected chi connectivity index (χ3v) is 5.24. The van der Waals surface area contributed by atoms with E-state index in [2.05, 4.69) is 43.4 Å². The molecule has 0 bridgehead atoms. The van der Waals surface area contributed by atoms with Gasteiger partial charge in [0.15, 0.2) is 0 Å². The van der Waals surface area contributed by atoms with Crippen molar-refractivity contribution in [3.63, 3.8) is 0 Å². The SMILES string of the molecule is CCC[C@H](C)/C=N/NC(=O)c1cc(-c2ccc(CC)cc2)nc2c(Cl)cccc12. The smallest absolute Gasteiger partial charge is 0.267 e. The van der Waals surface area contributed by atoms with E-state index in [1.54, 1.807) is 18.3 Å². The van der Waals surface area contributed by atoms with E-state index in [0.29, 0.717) is 33.1 Å². The topological polar surface area (TPSA) is 54.4 Å². The maximum Gasteiger partial charge on any atom is 0.272 e. The number of nitrogens with one attached hydrogen (secondary N) is 1. The summed E-state index contributed by atoms with van der Waals surface area (Å²) in [5, 5.41) is 5.37. The van der Waals surface area contributed by atoms with Crippen LogP contribution in [0.3, 0.4) is 0 Å². The first kappa shape index (κ1) is 21.0. The van der Waals surface area contributed by atoms with Crippen molar-refractivity contribution in [3.05, 3.63) is 64.7 Å². The number of hydrogen-bond donors (Lipinski definition) is 1. The fraction of sp³-hybridized carbons (Fsp3) is 0.292. The third-order valence-electron chi connectivity index (χ3n) is 4.93. The summed E-state index contributed by atoms with van der Waals surface area (Å²) in [7, 11) is 0. The summed E-state index contributed by atoms with van der Waals surface area (Å²) in [6.07, 6.45) is 4.86. The number of pyridine rings is 1. The van der Waals surface area contributed by atoms with Gasteiger partial charge in [0.2, 0.25) is 0 Å². The minimum Gasteiger partial charge on any atom is -0.267 e. The molecule has 0 fully saturated rings. The molecule has 0 radical (unpaired) electrons. The van der Waals surface area contributed by atoms with Crippen LogP contribution in [0.25, 0.3) is 22.2 Å². The molecule has 3 rings (SSSR count). The van der Waals surface area contributed by atoms with Gasteiger partial charge in [-0.3, -0.25) is 4.79 Å². The predicted octanol–water partition coefficient (Wildman–Crippen LogP) is 6.27. The molecule has 0 aliphatic rings. The largest absolute Gasteiger partial charge is 0.272 e. The second kappa shape index (κ2) is 9.66. The first-order chi connectivity index (χ1) is 14.0. The van der Waals surface area contributed by atoms with Crippen molar-refractivity contribution < 1.29 is 4.79 Å². The number of nitrogens with zero attached hydrogens (tertiary/aromatic N) is 2. The molecule has 0 saturated heterocycles. The van der Waals surface area contributed by atoms with Gasteiger partial charge in [0.1, 0.15) is 0 Å². The van der Waals surface area contributed by atoms with Gasteiger partial charge in [0.25, 0.3) is 5.91 Å². The lowest BCUT2D eigenvalue weighted by atomic mass is 10.0. The number of aromatic nitrogens is 1. The van der Waals surface area contributed by atoms with Crippen LogP contribution in [-0.4, -0.2) is 17.1 Å². The standard InChI is InChI=1S/C24H26ClN3O/c1-4-7-16(3)15-26-28-24(29)20-14-22(18-12-10-17(5-2)11-13-18)27-23-19(20)8-6-9-21(23)25/h6,8-16H,4-5,7H2,1-3H3,(H,28,29)/b26-15+/t16-/m0/s1. The van der Waals surface area contributed by atoms with Crippen molar-refractivity contribution in [3.8, 4) is 11.3 Å². The van der Waals surface area contributed by atoms with Gasteiger partial charge in [0, 0.05) is 17.2 Å². The van der Waals surface area contributed by atoms with Gasteiger partial charge in [-0.05, 0) is 36.5 Å². The zero-order valence-corrected chi connectivity index (χ0v) is 17.8. The molecule has 4 nitrogen and oxygen atoms in total. The fourth-order valence-corrected chi connectivity index (χ4v) is 3.49. The molecule has 150 valence electrons. The third kappa shape index (κ3) is 5.01. The Morgan fingerprint density at radius 2 is 1.97 bits per heavy atom. The van der Waals surface area contributed by atoms with Gasteiger partial charge in [-0.25, -0.2) is 10.4 Å². The van der Waals surface area contributed by atoms with E-state index < -0.39 is 0 Å². The number of carbonyl (C=O) groups excluding carboxylic acids is 1. The van der Waals surface area contributed by atoms with Crippen LogP contribution in [0.4, 0.5) is 0 Å². The Balaban J connectivity index is 2.00. The van der Waals surface area contributed by atoms with Crippen molar-refractivity contribution in [1.29, 1.82) is 0 Å². The lowest BCUT2D eigenvalue weighted by Gasteiger charge is -2.11. The Morgan fingerprint density at radius 3 is 2.66 bits per heavy atom. The van der Waals surface area contributed by atoms with Crippen molar-refractivity contribution in [2.24, 2.45) is 11.0 Å². The van der Waals surface area contributed by atoms with Crippen molar-refractivity contribution in [2.45, 2.75) is 40.0 Å². The molecule has 0 saturated carbocycles. The maximum absolute atomic E-state index is 12.9. The van der Waals surface area contributed by atoms with E-state index in [4.69, 9.17) is 16.6 Å². The molecule has 1 atom stereocenters. The first-order valence-electron chi connectivity index (χ1n) is 10.1. The molecular weight excluding hydrogens is 382 g/mol. The number of rotatable bonds is 7. The highest BCUT2D eigenvalue weighted by molar-refractivity contribution is 6.35. The second-order valence-electron chi connectivity index (χ2n) is 7.23. The van der Waals surface area contributed by atoms with Crippen molar-refractivity contribution >= 4 is 34.6 Å². The number of hydrazone groups is 1. The lowest BCUT2D eigenvalue weighted by Crippen LogP contribution is -2.19. The minimum atomic E-state index is -0.272. The van der Waals surface area contributed by atoms with E-state index in [9.17, 15) is 4.79 Å². The zero-order valence-electron chi connectivity index (χ0n) is 17.1. The fourth-order valence-electron chi connectivity index (χ4n) is 3.27. The van der Waals surface area contributed by atoms with E-state index in [1.807, 2.05) is 24.3 Å². The minimum absolute atomic E-state index is 0.272. The molecule has 1 N–H and O–H groups in total. The van der Waals surface area contributed by atoms with Gasteiger partial charge in [-0.15, -0.1) is 0 Å². The van der Waals surface area contributed by atoms with Gasteiger partial charge >= 0.3 is 0 Å². The number of amides is 1.